The molecule has 6 heteroatoms. The van der Waals surface area contributed by atoms with Gasteiger partial charge in [0.25, 0.3) is 0 Å². The Labute approximate surface area is 191 Å². The van der Waals surface area contributed by atoms with Gasteiger partial charge in [0.05, 0.1) is 10.2 Å². The highest BCUT2D eigenvalue weighted by Crippen LogP contribution is 2.42. The molecule has 3 aromatic heterocycles. The van der Waals surface area contributed by atoms with Gasteiger partial charge in [-0.25, -0.2) is 15.0 Å². The summed E-state index contributed by atoms with van der Waals surface area (Å²) in [4.78, 5) is 16.1. The largest absolute Gasteiger partial charge is 0.368 e. The number of nitrogens with zero attached hydrogens (tertiary/aromatic N) is 3. The van der Waals surface area contributed by atoms with Crippen LogP contribution >= 0.6 is 23.1 Å². The van der Waals surface area contributed by atoms with E-state index in [-0.39, 0.29) is 0 Å². The van der Waals surface area contributed by atoms with Crippen LogP contribution in [-0.2, 0) is 25.7 Å². The Morgan fingerprint density at radius 2 is 1.87 bits per heavy atom. The summed E-state index contributed by atoms with van der Waals surface area (Å²) >= 11 is 3.37. The summed E-state index contributed by atoms with van der Waals surface area (Å²) in [5.41, 5.74) is 6.76. The summed E-state index contributed by atoms with van der Waals surface area (Å²) < 4.78 is 1.15. The van der Waals surface area contributed by atoms with Gasteiger partial charge in [-0.15, -0.1) is 11.3 Å². The molecule has 1 N–H and O–H groups in total. The molecule has 0 unspecified atom stereocenters. The van der Waals surface area contributed by atoms with Crippen molar-refractivity contribution in [2.45, 2.75) is 57.0 Å². The van der Waals surface area contributed by atoms with E-state index >= 15 is 0 Å². The van der Waals surface area contributed by atoms with Gasteiger partial charge in [0, 0.05) is 17.6 Å². The monoisotopic (exact) mass is 448 g/mol. The highest BCUT2D eigenvalue weighted by molar-refractivity contribution is 7.98. The molecule has 1 aliphatic rings. The molecule has 160 valence electrons. The highest BCUT2D eigenvalue weighted by Gasteiger charge is 2.24. The van der Waals surface area contributed by atoms with Crippen molar-refractivity contribution in [2.24, 2.45) is 0 Å². The van der Waals surface area contributed by atoms with Gasteiger partial charge in [-0.1, -0.05) is 55.4 Å². The van der Waals surface area contributed by atoms with Crippen molar-refractivity contribution in [3.63, 3.8) is 0 Å². The van der Waals surface area contributed by atoms with Crippen LogP contribution in [0.3, 0.4) is 0 Å². The number of nitrogens with one attached hydrogen (secondary N) is 1. The first kappa shape index (κ1) is 20.7. The maximum absolute atomic E-state index is 5.16. The van der Waals surface area contributed by atoms with Gasteiger partial charge in [-0.3, -0.25) is 0 Å². The minimum Gasteiger partial charge on any atom is -0.368 e. The second kappa shape index (κ2) is 9.13. The van der Waals surface area contributed by atoms with Crippen LogP contribution in [0.2, 0.25) is 0 Å². The summed E-state index contributed by atoms with van der Waals surface area (Å²) in [5.74, 6) is 0.954. The van der Waals surface area contributed by atoms with Crippen LogP contribution in [0.25, 0.3) is 20.4 Å². The zero-order valence-corrected chi connectivity index (χ0v) is 19.8. The van der Waals surface area contributed by atoms with E-state index in [9.17, 15) is 0 Å². The molecule has 3 heterocycles. The number of benzene rings is 1. The molecule has 5 rings (SSSR count). The molecular formula is C25H28N4S2. The molecule has 1 aromatic carbocycles. The quantitative estimate of drug-likeness (QED) is 0.248. The summed E-state index contributed by atoms with van der Waals surface area (Å²) in [7, 11) is 0. The van der Waals surface area contributed by atoms with Crippen LogP contribution in [-0.4, -0.2) is 27.8 Å². The third-order valence-electron chi connectivity index (χ3n) is 6.10. The molecule has 31 heavy (non-hydrogen) atoms. The summed E-state index contributed by atoms with van der Waals surface area (Å²) in [5, 5.41) is 5.72. The van der Waals surface area contributed by atoms with E-state index in [1.807, 2.05) is 0 Å². The van der Waals surface area contributed by atoms with Crippen LogP contribution in [0.15, 0.2) is 35.5 Å². The minimum absolute atomic E-state index is 0.830. The molecule has 0 saturated carbocycles. The molecule has 0 saturated heterocycles. The van der Waals surface area contributed by atoms with Crippen molar-refractivity contribution >= 4 is 49.3 Å². The molecule has 0 amide bonds. The fourth-order valence-corrected chi connectivity index (χ4v) is 6.05. The first-order valence-corrected chi connectivity index (χ1v) is 13.3. The molecule has 1 aliphatic carbocycles. The first-order chi connectivity index (χ1) is 15.3. The standard InChI is InChI=1S/C25H28N4S2/c1-3-4-13-19-17-11-8-12-18(17)20-21-22(31-24(20)27-19)23(29-25(28-21)30-2)26-15-14-16-9-6-5-7-10-16/h5-7,9-10H,3-4,8,11-15H2,1-2H3,(H,26,28,29). The summed E-state index contributed by atoms with van der Waals surface area (Å²) in [6.07, 6.45) is 10.1. The normalized spacial score (nSPS) is 13.2. The van der Waals surface area contributed by atoms with Crippen molar-refractivity contribution in [1.82, 2.24) is 15.0 Å². The number of hydrogen-bond donors (Lipinski definition) is 1. The Morgan fingerprint density at radius 1 is 1.03 bits per heavy atom. The molecule has 4 aromatic rings. The SMILES string of the molecule is CCCCc1nc2sc3c(NCCc4ccccc4)nc(SC)nc3c2c2c1CCC2. The van der Waals surface area contributed by atoms with Crippen molar-refractivity contribution < 1.29 is 0 Å². The predicted octanol–water partition coefficient (Wildman–Crippen LogP) is 6.45. The molecule has 0 spiro atoms. The van der Waals surface area contributed by atoms with Crippen LogP contribution < -0.4 is 5.32 Å². The number of thioether (sulfide) groups is 1. The number of thiophene rings is 1. The van der Waals surface area contributed by atoms with E-state index in [1.54, 1.807) is 23.1 Å². The first-order valence-electron chi connectivity index (χ1n) is 11.2. The summed E-state index contributed by atoms with van der Waals surface area (Å²) in [6, 6.07) is 10.6. The van der Waals surface area contributed by atoms with E-state index in [2.05, 4.69) is 48.8 Å². The van der Waals surface area contributed by atoms with Gasteiger partial charge in [0.1, 0.15) is 10.6 Å². The lowest BCUT2D eigenvalue weighted by molar-refractivity contribution is 0.770. The number of unbranched alkanes of at least 4 members (excludes halogenated alkanes) is 1. The second-order valence-electron chi connectivity index (χ2n) is 8.15. The average molecular weight is 449 g/mol. The van der Waals surface area contributed by atoms with Gasteiger partial charge < -0.3 is 5.32 Å². The molecule has 0 radical (unpaired) electrons. The fraction of sp³-hybridized carbons (Fsp3) is 0.400. The number of aryl methyl sites for hydroxylation is 2. The van der Waals surface area contributed by atoms with Crippen molar-refractivity contribution in [1.29, 1.82) is 0 Å². The lowest BCUT2D eigenvalue weighted by atomic mass is 10.0. The smallest absolute Gasteiger partial charge is 0.189 e. The van der Waals surface area contributed by atoms with E-state index < -0.39 is 0 Å². The number of hydrogen-bond acceptors (Lipinski definition) is 6. The Kier molecular flexibility index (Phi) is 6.10. The highest BCUT2D eigenvalue weighted by atomic mass is 32.2. The Balaban J connectivity index is 1.57. The van der Waals surface area contributed by atoms with E-state index in [1.165, 1.54) is 47.0 Å². The molecular weight excluding hydrogens is 420 g/mol. The van der Waals surface area contributed by atoms with Gasteiger partial charge in [-0.05, 0) is 61.5 Å². The minimum atomic E-state index is 0.830. The topological polar surface area (TPSA) is 50.7 Å². The van der Waals surface area contributed by atoms with Crippen LogP contribution in [0.1, 0.15) is 48.6 Å². The third kappa shape index (κ3) is 4.03. The Bertz CT molecular complexity index is 1220. The van der Waals surface area contributed by atoms with E-state index in [0.29, 0.717) is 0 Å². The van der Waals surface area contributed by atoms with Gasteiger partial charge in [0.15, 0.2) is 5.16 Å². The number of anilines is 1. The molecule has 0 aliphatic heterocycles. The maximum Gasteiger partial charge on any atom is 0.189 e. The van der Waals surface area contributed by atoms with Crippen molar-refractivity contribution in [3.8, 4) is 0 Å². The van der Waals surface area contributed by atoms with E-state index in [4.69, 9.17) is 15.0 Å². The zero-order valence-electron chi connectivity index (χ0n) is 18.2. The number of rotatable bonds is 8. The lowest BCUT2D eigenvalue weighted by Gasteiger charge is -2.09. The fourth-order valence-electron chi connectivity index (χ4n) is 4.56. The Morgan fingerprint density at radius 3 is 2.68 bits per heavy atom. The maximum atomic E-state index is 5.16. The average Bonchev–Trinajstić information content (AvgIpc) is 3.42. The van der Waals surface area contributed by atoms with Crippen molar-refractivity contribution in [3.05, 3.63) is 52.7 Å². The number of aromatic nitrogens is 3. The number of fused-ring (bicyclic) bond motifs is 5. The van der Waals surface area contributed by atoms with Gasteiger partial charge in [0.2, 0.25) is 0 Å². The van der Waals surface area contributed by atoms with Crippen molar-refractivity contribution in [2.75, 3.05) is 18.1 Å². The summed E-state index contributed by atoms with van der Waals surface area (Å²) in [6.45, 7) is 3.11. The van der Waals surface area contributed by atoms with Gasteiger partial charge >= 0.3 is 0 Å². The van der Waals surface area contributed by atoms with E-state index in [0.717, 1.165) is 58.2 Å². The Hall–Kier alpha value is -2.18. The third-order valence-corrected chi connectivity index (χ3v) is 7.72. The molecule has 0 atom stereocenters. The molecule has 0 bridgehead atoms. The molecule has 4 nitrogen and oxygen atoms in total. The predicted molar refractivity (Wildman–Crippen MR) is 134 cm³/mol. The lowest BCUT2D eigenvalue weighted by Crippen LogP contribution is -2.07. The second-order valence-corrected chi connectivity index (χ2v) is 9.93. The number of pyridine rings is 1. The van der Waals surface area contributed by atoms with Crippen LogP contribution in [0.4, 0.5) is 5.82 Å². The molecule has 0 fully saturated rings. The van der Waals surface area contributed by atoms with Crippen LogP contribution in [0.5, 0.6) is 0 Å². The zero-order chi connectivity index (χ0) is 21.2. The van der Waals surface area contributed by atoms with Gasteiger partial charge in [-0.2, -0.15) is 0 Å². The van der Waals surface area contributed by atoms with Crippen LogP contribution in [0, 0.1) is 0 Å².